The van der Waals surface area contributed by atoms with E-state index in [1.807, 2.05) is 11.8 Å². The van der Waals surface area contributed by atoms with Gasteiger partial charge in [0.05, 0.1) is 11.3 Å². The molecule has 152 valence electrons. The number of anilines is 1. The number of nitrogens with one attached hydrogen (secondary N) is 1. The molecule has 3 rings (SSSR count). The van der Waals surface area contributed by atoms with Gasteiger partial charge in [-0.3, -0.25) is 9.59 Å². The van der Waals surface area contributed by atoms with Crippen LogP contribution in [-0.2, 0) is 0 Å². The minimum Gasteiger partial charge on any atom is -0.478 e. The molecule has 1 aromatic heterocycles. The highest BCUT2D eigenvalue weighted by atomic mass is 16.4. The number of piperidine rings is 1. The first-order valence-corrected chi connectivity index (χ1v) is 9.68. The summed E-state index contributed by atoms with van der Waals surface area (Å²) in [7, 11) is 0. The lowest BCUT2D eigenvalue weighted by Crippen LogP contribution is -2.37. The highest BCUT2D eigenvalue weighted by Crippen LogP contribution is 2.22. The van der Waals surface area contributed by atoms with Gasteiger partial charge in [0.25, 0.3) is 11.8 Å². The van der Waals surface area contributed by atoms with Crippen LogP contribution in [0.25, 0.3) is 0 Å². The minimum atomic E-state index is -1.08. The van der Waals surface area contributed by atoms with Gasteiger partial charge in [0, 0.05) is 24.3 Å². The third-order valence-corrected chi connectivity index (χ3v) is 5.34. The molecule has 0 aliphatic carbocycles. The van der Waals surface area contributed by atoms with Crippen molar-refractivity contribution in [2.75, 3.05) is 18.4 Å². The van der Waals surface area contributed by atoms with Crippen LogP contribution in [0.15, 0.2) is 30.3 Å². The van der Waals surface area contributed by atoms with E-state index >= 15 is 0 Å². The average molecular weight is 395 g/mol. The van der Waals surface area contributed by atoms with Crippen molar-refractivity contribution in [1.82, 2.24) is 9.88 Å². The summed E-state index contributed by atoms with van der Waals surface area (Å²) < 4.78 is 0. The number of hydrogen-bond acceptors (Lipinski definition) is 4. The Morgan fingerprint density at radius 1 is 1.10 bits per heavy atom. The number of pyridine rings is 1. The highest BCUT2D eigenvalue weighted by molar-refractivity contribution is 6.04. The summed E-state index contributed by atoms with van der Waals surface area (Å²) in [4.78, 5) is 42.3. The van der Waals surface area contributed by atoms with E-state index in [2.05, 4.69) is 17.2 Å². The molecular formula is C22H25N3O4. The third kappa shape index (κ3) is 4.62. The van der Waals surface area contributed by atoms with Gasteiger partial charge >= 0.3 is 5.97 Å². The first-order valence-electron chi connectivity index (χ1n) is 9.68. The third-order valence-electron chi connectivity index (χ3n) is 5.34. The second-order valence-electron chi connectivity index (χ2n) is 7.59. The summed E-state index contributed by atoms with van der Waals surface area (Å²) in [5, 5.41) is 11.9. The Labute approximate surface area is 169 Å². The summed E-state index contributed by atoms with van der Waals surface area (Å²) in [5.74, 6) is -0.849. The first-order chi connectivity index (χ1) is 13.8. The van der Waals surface area contributed by atoms with E-state index in [9.17, 15) is 14.4 Å². The fourth-order valence-electron chi connectivity index (χ4n) is 3.43. The molecule has 7 heteroatoms. The number of carboxylic acids is 1. The summed E-state index contributed by atoms with van der Waals surface area (Å²) in [6.45, 7) is 7.13. The van der Waals surface area contributed by atoms with Crippen LogP contribution in [0.5, 0.6) is 0 Å². The number of amides is 2. The molecule has 7 nitrogen and oxygen atoms in total. The van der Waals surface area contributed by atoms with Crippen LogP contribution in [0.1, 0.15) is 62.2 Å². The van der Waals surface area contributed by atoms with Crippen molar-refractivity contribution in [2.24, 2.45) is 5.92 Å². The Bertz CT molecular complexity index is 963. The number of likely N-dealkylation sites (tertiary alicyclic amines) is 1. The zero-order valence-electron chi connectivity index (χ0n) is 16.9. The van der Waals surface area contributed by atoms with Gasteiger partial charge in [0.15, 0.2) is 0 Å². The lowest BCUT2D eigenvalue weighted by molar-refractivity contribution is 0.0687. The van der Waals surface area contributed by atoms with E-state index in [0.717, 1.165) is 31.5 Å². The number of nitrogens with zero attached hydrogens (tertiary/aromatic N) is 2. The molecule has 1 fully saturated rings. The molecule has 0 spiro atoms. The number of carbonyl (C=O) groups is 3. The maximum atomic E-state index is 12.7. The van der Waals surface area contributed by atoms with E-state index in [4.69, 9.17) is 5.11 Å². The SMILES string of the molecule is Cc1cc(C(=O)N2CCC(C)CC2)ccc1NC(=O)c1ccc(C(=O)O)c(C)n1. The van der Waals surface area contributed by atoms with Gasteiger partial charge in [-0.05, 0) is 68.5 Å². The Morgan fingerprint density at radius 2 is 1.79 bits per heavy atom. The molecule has 2 aromatic rings. The van der Waals surface area contributed by atoms with E-state index in [1.165, 1.54) is 12.1 Å². The van der Waals surface area contributed by atoms with Crippen LogP contribution in [0.3, 0.4) is 0 Å². The van der Waals surface area contributed by atoms with Crippen molar-refractivity contribution in [3.05, 3.63) is 58.4 Å². The molecule has 29 heavy (non-hydrogen) atoms. The predicted octanol–water partition coefficient (Wildman–Crippen LogP) is 3.52. The first kappa shape index (κ1) is 20.5. The Hall–Kier alpha value is -3.22. The zero-order chi connectivity index (χ0) is 21.1. The number of carboxylic acid groups (broad SMARTS) is 1. The average Bonchev–Trinajstić information content (AvgIpc) is 2.69. The van der Waals surface area contributed by atoms with Crippen LogP contribution in [-0.4, -0.2) is 45.9 Å². The van der Waals surface area contributed by atoms with Crippen molar-refractivity contribution in [3.63, 3.8) is 0 Å². The molecule has 2 amide bonds. The molecule has 1 aliphatic heterocycles. The molecule has 0 unspecified atom stereocenters. The van der Waals surface area contributed by atoms with Crippen LogP contribution < -0.4 is 5.32 Å². The quantitative estimate of drug-likeness (QED) is 0.825. The molecule has 2 N–H and O–H groups in total. The van der Waals surface area contributed by atoms with Crippen LogP contribution in [0.4, 0.5) is 5.69 Å². The highest BCUT2D eigenvalue weighted by Gasteiger charge is 2.22. The molecule has 0 atom stereocenters. The lowest BCUT2D eigenvalue weighted by atomic mass is 9.98. The standard InChI is InChI=1S/C22H25N3O4/c1-13-8-10-25(11-9-13)21(27)16-4-6-18(14(2)12-16)24-20(26)19-7-5-17(22(28)29)15(3)23-19/h4-7,12-13H,8-11H2,1-3H3,(H,24,26)(H,28,29). The summed E-state index contributed by atoms with van der Waals surface area (Å²) in [6, 6.07) is 7.97. The summed E-state index contributed by atoms with van der Waals surface area (Å²) in [6.07, 6.45) is 2.04. The lowest BCUT2D eigenvalue weighted by Gasteiger charge is -2.30. The topological polar surface area (TPSA) is 99.6 Å². The number of aromatic nitrogens is 1. The van der Waals surface area contributed by atoms with Gasteiger partial charge in [-0.25, -0.2) is 9.78 Å². The van der Waals surface area contributed by atoms with E-state index < -0.39 is 11.9 Å². The van der Waals surface area contributed by atoms with E-state index in [-0.39, 0.29) is 22.9 Å². The predicted molar refractivity (Wildman–Crippen MR) is 109 cm³/mol. The summed E-state index contributed by atoms with van der Waals surface area (Å²) >= 11 is 0. The molecular weight excluding hydrogens is 370 g/mol. The van der Waals surface area contributed by atoms with Gasteiger partial charge in [0.2, 0.25) is 0 Å². The van der Waals surface area contributed by atoms with Gasteiger partial charge in [-0.1, -0.05) is 6.92 Å². The molecule has 0 bridgehead atoms. The molecule has 1 aromatic carbocycles. The van der Waals surface area contributed by atoms with Crippen LogP contribution >= 0.6 is 0 Å². The molecule has 0 radical (unpaired) electrons. The Balaban J connectivity index is 1.72. The smallest absolute Gasteiger partial charge is 0.337 e. The number of aromatic carboxylic acids is 1. The van der Waals surface area contributed by atoms with Crippen molar-refractivity contribution in [3.8, 4) is 0 Å². The summed E-state index contributed by atoms with van der Waals surface area (Å²) in [5.41, 5.74) is 2.43. The van der Waals surface area contributed by atoms with Crippen molar-refractivity contribution < 1.29 is 19.5 Å². The Kier molecular flexibility index (Phi) is 5.96. The van der Waals surface area contributed by atoms with Crippen molar-refractivity contribution in [2.45, 2.75) is 33.6 Å². The maximum absolute atomic E-state index is 12.7. The van der Waals surface area contributed by atoms with E-state index in [0.29, 0.717) is 17.2 Å². The molecule has 1 saturated heterocycles. The maximum Gasteiger partial charge on any atom is 0.337 e. The second kappa shape index (κ2) is 8.43. The van der Waals surface area contributed by atoms with Crippen LogP contribution in [0, 0.1) is 19.8 Å². The number of benzene rings is 1. The fourth-order valence-corrected chi connectivity index (χ4v) is 3.43. The zero-order valence-corrected chi connectivity index (χ0v) is 16.9. The second-order valence-corrected chi connectivity index (χ2v) is 7.59. The van der Waals surface area contributed by atoms with Gasteiger partial charge in [0.1, 0.15) is 5.69 Å². The monoisotopic (exact) mass is 395 g/mol. The fraction of sp³-hybridized carbons (Fsp3) is 0.364. The van der Waals surface area contributed by atoms with Crippen molar-refractivity contribution in [1.29, 1.82) is 0 Å². The largest absolute Gasteiger partial charge is 0.478 e. The molecule has 0 saturated carbocycles. The number of hydrogen-bond donors (Lipinski definition) is 2. The molecule has 2 heterocycles. The Morgan fingerprint density at radius 3 is 2.38 bits per heavy atom. The van der Waals surface area contributed by atoms with Crippen molar-refractivity contribution >= 4 is 23.5 Å². The van der Waals surface area contributed by atoms with Crippen LogP contribution in [0.2, 0.25) is 0 Å². The number of aryl methyl sites for hydroxylation is 2. The number of rotatable bonds is 4. The minimum absolute atomic E-state index is 0.0134. The van der Waals surface area contributed by atoms with Gasteiger partial charge in [-0.15, -0.1) is 0 Å². The normalized spacial score (nSPS) is 14.5. The molecule has 1 aliphatic rings. The van der Waals surface area contributed by atoms with E-state index in [1.54, 1.807) is 25.1 Å². The van der Waals surface area contributed by atoms with Gasteiger partial charge in [-0.2, -0.15) is 0 Å². The number of carbonyl (C=O) groups excluding carboxylic acids is 2. The van der Waals surface area contributed by atoms with Gasteiger partial charge < -0.3 is 15.3 Å².